The SMILES string of the molecule is C[C@@H](C(=O)Nc1ccccc1Cl)N(c1cccc([N+](=O)[O-])c1)S(C)(=O)=O. The number of nitrogens with one attached hydrogen (secondary N) is 1. The van der Waals surface area contributed by atoms with Crippen LogP contribution < -0.4 is 9.62 Å². The summed E-state index contributed by atoms with van der Waals surface area (Å²) in [5.74, 6) is -0.630. The van der Waals surface area contributed by atoms with Gasteiger partial charge in [-0.3, -0.25) is 19.2 Å². The molecule has 0 saturated heterocycles. The van der Waals surface area contributed by atoms with Gasteiger partial charge in [-0.2, -0.15) is 0 Å². The predicted molar refractivity (Wildman–Crippen MR) is 100.0 cm³/mol. The minimum absolute atomic E-state index is 0.0171. The fraction of sp³-hybridized carbons (Fsp3) is 0.188. The highest BCUT2D eigenvalue weighted by Crippen LogP contribution is 2.26. The summed E-state index contributed by atoms with van der Waals surface area (Å²) in [4.78, 5) is 22.8. The number of carbonyl (C=O) groups is 1. The van der Waals surface area contributed by atoms with Crippen LogP contribution >= 0.6 is 11.6 Å². The summed E-state index contributed by atoms with van der Waals surface area (Å²) in [7, 11) is -3.89. The Morgan fingerprint density at radius 1 is 1.23 bits per heavy atom. The standard InChI is InChI=1S/C16H16ClN3O5S/c1-11(16(21)18-15-9-4-3-8-14(15)17)19(26(2,24)25)12-6-5-7-13(10-12)20(22)23/h3-11H,1-2H3,(H,18,21)/t11-/m0/s1. The van der Waals surface area contributed by atoms with Gasteiger partial charge < -0.3 is 5.32 Å². The van der Waals surface area contributed by atoms with Gasteiger partial charge in [-0.15, -0.1) is 0 Å². The largest absolute Gasteiger partial charge is 0.323 e. The lowest BCUT2D eigenvalue weighted by atomic mass is 10.2. The molecule has 0 aliphatic carbocycles. The number of sulfonamides is 1. The van der Waals surface area contributed by atoms with Crippen LogP contribution in [0.25, 0.3) is 0 Å². The normalized spacial score (nSPS) is 12.3. The van der Waals surface area contributed by atoms with Crippen molar-refractivity contribution in [2.45, 2.75) is 13.0 Å². The van der Waals surface area contributed by atoms with Crippen molar-refractivity contribution in [3.8, 4) is 0 Å². The zero-order chi connectivity index (χ0) is 19.5. The van der Waals surface area contributed by atoms with E-state index in [1.54, 1.807) is 24.3 Å². The van der Waals surface area contributed by atoms with Crippen molar-refractivity contribution in [2.75, 3.05) is 15.9 Å². The molecule has 0 radical (unpaired) electrons. The second-order valence-electron chi connectivity index (χ2n) is 5.48. The van der Waals surface area contributed by atoms with Gasteiger partial charge in [-0.25, -0.2) is 8.42 Å². The van der Waals surface area contributed by atoms with E-state index >= 15 is 0 Å². The number of nitro benzene ring substituents is 1. The number of hydrogen-bond acceptors (Lipinski definition) is 5. The number of rotatable bonds is 6. The van der Waals surface area contributed by atoms with Crippen LogP contribution in [0, 0.1) is 10.1 Å². The van der Waals surface area contributed by atoms with Crippen LogP contribution in [-0.4, -0.2) is 31.5 Å². The molecule has 8 nitrogen and oxygen atoms in total. The van der Waals surface area contributed by atoms with Gasteiger partial charge in [-0.05, 0) is 25.1 Å². The van der Waals surface area contributed by atoms with E-state index in [9.17, 15) is 23.3 Å². The summed E-state index contributed by atoms with van der Waals surface area (Å²) >= 11 is 5.99. The molecule has 0 heterocycles. The Balaban J connectivity index is 2.38. The summed E-state index contributed by atoms with van der Waals surface area (Å²) < 4.78 is 25.3. The van der Waals surface area contributed by atoms with Gasteiger partial charge in [0, 0.05) is 12.1 Å². The summed E-state index contributed by atoms with van der Waals surface area (Å²) in [6.45, 7) is 1.38. The number of hydrogen-bond donors (Lipinski definition) is 1. The van der Waals surface area contributed by atoms with Crippen molar-refractivity contribution in [1.82, 2.24) is 0 Å². The summed E-state index contributed by atoms with van der Waals surface area (Å²) in [6, 6.07) is 10.4. The molecule has 10 heteroatoms. The Morgan fingerprint density at radius 3 is 2.46 bits per heavy atom. The van der Waals surface area contributed by atoms with E-state index in [2.05, 4.69) is 5.32 Å². The number of anilines is 2. The second-order valence-corrected chi connectivity index (χ2v) is 7.75. The minimum Gasteiger partial charge on any atom is -0.323 e. The van der Waals surface area contributed by atoms with E-state index in [0.29, 0.717) is 10.7 Å². The van der Waals surface area contributed by atoms with Crippen molar-refractivity contribution in [3.63, 3.8) is 0 Å². The molecule has 1 amide bonds. The van der Waals surface area contributed by atoms with Crippen LogP contribution in [0.4, 0.5) is 17.1 Å². The number of carbonyl (C=O) groups excluding carboxylic acids is 1. The molecule has 0 unspecified atom stereocenters. The van der Waals surface area contributed by atoms with Gasteiger partial charge in [0.15, 0.2) is 0 Å². The molecule has 2 aromatic rings. The lowest BCUT2D eigenvalue weighted by Gasteiger charge is -2.28. The van der Waals surface area contributed by atoms with Gasteiger partial charge >= 0.3 is 0 Å². The maximum absolute atomic E-state index is 12.5. The van der Waals surface area contributed by atoms with Crippen molar-refractivity contribution < 1.29 is 18.1 Å². The topological polar surface area (TPSA) is 110 Å². The molecule has 0 aromatic heterocycles. The van der Waals surface area contributed by atoms with E-state index in [4.69, 9.17) is 11.6 Å². The smallest absolute Gasteiger partial charge is 0.271 e. The summed E-state index contributed by atoms with van der Waals surface area (Å²) in [5.41, 5.74) is 0.0666. The minimum atomic E-state index is -3.89. The number of non-ortho nitro benzene ring substituents is 1. The van der Waals surface area contributed by atoms with Gasteiger partial charge in [0.25, 0.3) is 5.69 Å². The van der Waals surface area contributed by atoms with Crippen molar-refractivity contribution >= 4 is 44.6 Å². The molecule has 2 aromatic carbocycles. The molecule has 1 N–H and O–H groups in total. The molecule has 138 valence electrons. The molecule has 0 bridgehead atoms. The molecule has 1 atom stereocenters. The highest BCUT2D eigenvalue weighted by Gasteiger charge is 2.30. The van der Waals surface area contributed by atoms with Gasteiger partial charge in [0.1, 0.15) is 6.04 Å². The number of nitro groups is 1. The zero-order valence-electron chi connectivity index (χ0n) is 13.9. The van der Waals surface area contributed by atoms with E-state index in [1.165, 1.54) is 25.1 Å². The quantitative estimate of drug-likeness (QED) is 0.595. The molecule has 0 aliphatic heterocycles. The average Bonchev–Trinajstić information content (AvgIpc) is 2.56. The van der Waals surface area contributed by atoms with Crippen molar-refractivity contribution in [1.29, 1.82) is 0 Å². The van der Waals surface area contributed by atoms with Crippen LogP contribution in [0.5, 0.6) is 0 Å². The van der Waals surface area contributed by atoms with Crippen LogP contribution in [0.1, 0.15) is 6.92 Å². The lowest BCUT2D eigenvalue weighted by molar-refractivity contribution is -0.384. The van der Waals surface area contributed by atoms with Gasteiger partial charge in [-0.1, -0.05) is 29.8 Å². The van der Waals surface area contributed by atoms with E-state index in [0.717, 1.165) is 16.6 Å². The first-order chi connectivity index (χ1) is 12.1. The third kappa shape index (κ3) is 4.50. The fourth-order valence-electron chi connectivity index (χ4n) is 2.35. The maximum atomic E-state index is 12.5. The number of benzene rings is 2. The molecular formula is C16H16ClN3O5S. The summed E-state index contributed by atoms with van der Waals surface area (Å²) in [6.07, 6.45) is 0.922. The lowest BCUT2D eigenvalue weighted by Crippen LogP contribution is -2.45. The zero-order valence-corrected chi connectivity index (χ0v) is 15.5. The molecule has 0 spiro atoms. The maximum Gasteiger partial charge on any atom is 0.271 e. The average molecular weight is 398 g/mol. The Morgan fingerprint density at radius 2 is 1.88 bits per heavy atom. The molecule has 0 saturated carbocycles. The molecule has 2 rings (SSSR count). The Bertz CT molecular complexity index is 948. The third-order valence-electron chi connectivity index (χ3n) is 3.52. The summed E-state index contributed by atoms with van der Waals surface area (Å²) in [5, 5.41) is 13.8. The fourth-order valence-corrected chi connectivity index (χ4v) is 3.70. The highest BCUT2D eigenvalue weighted by atomic mass is 35.5. The first kappa shape index (κ1) is 19.7. The van der Waals surface area contributed by atoms with Crippen molar-refractivity contribution in [2.24, 2.45) is 0 Å². The van der Waals surface area contributed by atoms with Gasteiger partial charge in [0.05, 0.1) is 27.6 Å². The number of amides is 1. The van der Waals surface area contributed by atoms with Crippen LogP contribution in [0.15, 0.2) is 48.5 Å². The number of halogens is 1. The predicted octanol–water partition coefficient (Wildman–Crippen LogP) is 3.04. The molecule has 0 fully saturated rings. The van der Waals surface area contributed by atoms with E-state index in [1.807, 2.05) is 0 Å². The number of para-hydroxylation sites is 1. The Kier molecular flexibility index (Phi) is 5.83. The van der Waals surface area contributed by atoms with Crippen LogP contribution in [-0.2, 0) is 14.8 Å². The monoisotopic (exact) mass is 397 g/mol. The molecular weight excluding hydrogens is 382 g/mol. The number of nitrogens with zero attached hydrogens (tertiary/aromatic N) is 2. The first-order valence-corrected chi connectivity index (χ1v) is 9.63. The molecule has 0 aliphatic rings. The van der Waals surface area contributed by atoms with Gasteiger partial charge in [0.2, 0.25) is 15.9 Å². The molecule has 26 heavy (non-hydrogen) atoms. The van der Waals surface area contributed by atoms with Crippen molar-refractivity contribution in [3.05, 3.63) is 63.7 Å². The van der Waals surface area contributed by atoms with E-state index < -0.39 is 26.9 Å². The Hall–Kier alpha value is -2.65. The highest BCUT2D eigenvalue weighted by molar-refractivity contribution is 7.92. The van der Waals surface area contributed by atoms with E-state index in [-0.39, 0.29) is 11.4 Å². The van der Waals surface area contributed by atoms with Crippen LogP contribution in [0.2, 0.25) is 5.02 Å². The van der Waals surface area contributed by atoms with Crippen LogP contribution in [0.3, 0.4) is 0 Å². The third-order valence-corrected chi connectivity index (χ3v) is 5.09. The second kappa shape index (κ2) is 7.71. The Labute approximate surface area is 155 Å². The first-order valence-electron chi connectivity index (χ1n) is 7.40.